The second-order valence-electron chi connectivity index (χ2n) is 8.57. The largest absolute Gasteiger partial charge is 0.351 e. The highest BCUT2D eigenvalue weighted by Gasteiger charge is 2.63. The first kappa shape index (κ1) is 21.2. The number of nitriles is 2. The number of fused-ring (bicyclic) bond motifs is 3. The lowest BCUT2D eigenvalue weighted by Gasteiger charge is -2.35. The van der Waals surface area contributed by atoms with Crippen LogP contribution < -0.4 is 4.90 Å². The molecule has 33 heavy (non-hydrogen) atoms. The molecule has 0 saturated carbocycles. The van der Waals surface area contributed by atoms with Crippen molar-refractivity contribution in [3.05, 3.63) is 106 Å². The van der Waals surface area contributed by atoms with Gasteiger partial charge in [-0.2, -0.15) is 10.5 Å². The molecule has 0 spiro atoms. The molecule has 2 aliphatic rings. The van der Waals surface area contributed by atoms with Gasteiger partial charge in [-0.15, -0.1) is 0 Å². The van der Waals surface area contributed by atoms with E-state index in [0.717, 1.165) is 26.9 Å². The molecule has 3 aromatic rings. The number of benzene rings is 3. The van der Waals surface area contributed by atoms with Crippen LogP contribution >= 0.6 is 15.9 Å². The Morgan fingerprint density at radius 1 is 0.970 bits per heavy atom. The summed E-state index contributed by atoms with van der Waals surface area (Å²) in [6, 6.07) is 26.4. The number of halogens is 1. The molecule has 0 bridgehead atoms. The van der Waals surface area contributed by atoms with Gasteiger partial charge in [0.25, 0.3) is 0 Å². The van der Waals surface area contributed by atoms with E-state index in [2.05, 4.69) is 28.1 Å². The first-order valence-corrected chi connectivity index (χ1v) is 11.5. The van der Waals surface area contributed by atoms with E-state index in [0.29, 0.717) is 5.56 Å². The van der Waals surface area contributed by atoms with E-state index in [9.17, 15) is 15.3 Å². The monoisotopic (exact) mass is 493 g/mol. The van der Waals surface area contributed by atoms with Gasteiger partial charge in [-0.1, -0.05) is 88.2 Å². The molecule has 3 aromatic carbocycles. The molecular weight excluding hydrogens is 474 g/mol. The second-order valence-corrected chi connectivity index (χ2v) is 9.48. The van der Waals surface area contributed by atoms with E-state index in [4.69, 9.17) is 0 Å². The Kier molecular flexibility index (Phi) is 5.16. The number of nitrogens with zero attached hydrogens (tertiary/aromatic N) is 3. The van der Waals surface area contributed by atoms with E-state index in [1.807, 2.05) is 96.8 Å². The van der Waals surface area contributed by atoms with E-state index < -0.39 is 23.4 Å². The predicted octanol–water partition coefficient (Wildman–Crippen LogP) is 6.04. The standard InChI is InChI=1S/C28H20BrN3O/c1-18-6-8-21(9-7-18)27(33)26-25(20-10-13-22(29)14-11-20)28(16-30,17-31)24-15-12-19-4-2-3-5-23(19)32(24)26/h2-15,24-26H,1H3/t24-,25+,26-/m1/s1. The van der Waals surface area contributed by atoms with Gasteiger partial charge in [0.1, 0.15) is 6.04 Å². The van der Waals surface area contributed by atoms with Gasteiger partial charge in [-0.25, -0.2) is 0 Å². The molecule has 0 radical (unpaired) electrons. The highest BCUT2D eigenvalue weighted by molar-refractivity contribution is 9.10. The maximum Gasteiger partial charge on any atom is 0.185 e. The zero-order chi connectivity index (χ0) is 23.2. The maximum absolute atomic E-state index is 14.1. The van der Waals surface area contributed by atoms with Crippen molar-refractivity contribution >= 4 is 33.5 Å². The molecule has 5 rings (SSSR count). The molecule has 0 N–H and O–H groups in total. The zero-order valence-corrected chi connectivity index (χ0v) is 19.5. The van der Waals surface area contributed by atoms with E-state index in [-0.39, 0.29) is 5.78 Å². The first-order chi connectivity index (χ1) is 16.0. The molecule has 5 heteroatoms. The summed E-state index contributed by atoms with van der Waals surface area (Å²) in [6.45, 7) is 1.98. The van der Waals surface area contributed by atoms with Crippen molar-refractivity contribution in [1.82, 2.24) is 0 Å². The summed E-state index contributed by atoms with van der Waals surface area (Å²) in [5, 5.41) is 20.9. The summed E-state index contributed by atoms with van der Waals surface area (Å²) in [6.07, 6.45) is 3.86. The van der Waals surface area contributed by atoms with Gasteiger partial charge in [-0.3, -0.25) is 4.79 Å². The summed E-state index contributed by atoms with van der Waals surface area (Å²) in [5.41, 5.74) is 2.84. The van der Waals surface area contributed by atoms with E-state index >= 15 is 0 Å². The van der Waals surface area contributed by atoms with Crippen LogP contribution in [0.25, 0.3) is 6.08 Å². The third kappa shape index (κ3) is 3.20. The SMILES string of the molecule is Cc1ccc(C(=O)[C@H]2[C@H](c3ccc(Br)cc3)C(C#N)(C#N)[C@H]3C=Cc4ccccc4N23)cc1. The van der Waals surface area contributed by atoms with Gasteiger partial charge < -0.3 is 4.90 Å². The molecule has 4 nitrogen and oxygen atoms in total. The lowest BCUT2D eigenvalue weighted by molar-refractivity contribution is 0.0951. The van der Waals surface area contributed by atoms with Gasteiger partial charge in [0.2, 0.25) is 0 Å². The van der Waals surface area contributed by atoms with E-state index in [1.165, 1.54) is 0 Å². The Morgan fingerprint density at radius 2 is 1.64 bits per heavy atom. The van der Waals surface area contributed by atoms with Crippen molar-refractivity contribution in [3.63, 3.8) is 0 Å². The Hall–Kier alpha value is -3.67. The first-order valence-electron chi connectivity index (χ1n) is 10.7. The number of anilines is 1. The smallest absolute Gasteiger partial charge is 0.185 e. The summed E-state index contributed by atoms with van der Waals surface area (Å²) in [5.74, 6) is -0.722. The molecule has 1 saturated heterocycles. The van der Waals surface area contributed by atoms with Crippen molar-refractivity contribution in [1.29, 1.82) is 10.5 Å². The Balaban J connectivity index is 1.78. The minimum Gasteiger partial charge on any atom is -0.351 e. The summed E-state index contributed by atoms with van der Waals surface area (Å²) in [7, 11) is 0. The number of aryl methyl sites for hydroxylation is 1. The number of carbonyl (C=O) groups is 1. The molecule has 2 aliphatic heterocycles. The number of carbonyl (C=O) groups excluding carboxylic acids is 1. The van der Waals surface area contributed by atoms with Crippen molar-refractivity contribution in [2.45, 2.75) is 24.9 Å². The van der Waals surface area contributed by atoms with Crippen molar-refractivity contribution < 1.29 is 4.79 Å². The minimum atomic E-state index is -1.43. The molecule has 0 unspecified atom stereocenters. The number of rotatable bonds is 3. The Labute approximate surface area is 201 Å². The number of para-hydroxylation sites is 1. The summed E-state index contributed by atoms with van der Waals surface area (Å²) in [4.78, 5) is 16.1. The van der Waals surface area contributed by atoms with Crippen LogP contribution in [0.4, 0.5) is 5.69 Å². The van der Waals surface area contributed by atoms with Crippen LogP contribution in [-0.2, 0) is 0 Å². The maximum atomic E-state index is 14.1. The lowest BCUT2D eigenvalue weighted by Crippen LogP contribution is -2.44. The molecule has 2 heterocycles. The molecular formula is C28H20BrN3O. The number of Topliss-reactive ketones (excluding diaryl/α,β-unsaturated/α-hetero) is 1. The van der Waals surface area contributed by atoms with Gasteiger partial charge in [0.05, 0.1) is 18.2 Å². The van der Waals surface area contributed by atoms with Crippen LogP contribution in [0.2, 0.25) is 0 Å². The number of ketones is 1. The van der Waals surface area contributed by atoms with Crippen LogP contribution in [0.15, 0.2) is 83.3 Å². The highest BCUT2D eigenvalue weighted by atomic mass is 79.9. The topological polar surface area (TPSA) is 67.9 Å². The average Bonchev–Trinajstić information content (AvgIpc) is 3.15. The highest BCUT2D eigenvalue weighted by Crippen LogP contribution is 2.55. The van der Waals surface area contributed by atoms with Gasteiger partial charge in [-0.05, 0) is 36.2 Å². The second kappa shape index (κ2) is 8.03. The normalized spacial score (nSPS) is 22.1. The summed E-state index contributed by atoms with van der Waals surface area (Å²) < 4.78 is 0.896. The van der Waals surface area contributed by atoms with Gasteiger partial charge >= 0.3 is 0 Å². The van der Waals surface area contributed by atoms with Gasteiger partial charge in [0.15, 0.2) is 11.2 Å². The molecule has 3 atom stereocenters. The van der Waals surface area contributed by atoms with Crippen molar-refractivity contribution in [2.75, 3.05) is 4.90 Å². The molecule has 1 fully saturated rings. The zero-order valence-electron chi connectivity index (χ0n) is 17.9. The third-order valence-corrected chi connectivity index (χ3v) is 7.28. The fourth-order valence-corrected chi connectivity index (χ4v) is 5.43. The molecule has 0 aromatic heterocycles. The van der Waals surface area contributed by atoms with E-state index in [1.54, 1.807) is 0 Å². The predicted molar refractivity (Wildman–Crippen MR) is 132 cm³/mol. The Bertz CT molecular complexity index is 1330. The summed E-state index contributed by atoms with van der Waals surface area (Å²) >= 11 is 3.47. The van der Waals surface area contributed by atoms with Crippen molar-refractivity contribution in [3.8, 4) is 12.1 Å². The van der Waals surface area contributed by atoms with Crippen LogP contribution in [-0.4, -0.2) is 17.9 Å². The quantitative estimate of drug-likeness (QED) is 0.417. The molecule has 0 aliphatic carbocycles. The fraction of sp³-hybridized carbons (Fsp3) is 0.179. The van der Waals surface area contributed by atoms with Crippen LogP contribution in [0.5, 0.6) is 0 Å². The van der Waals surface area contributed by atoms with Crippen LogP contribution in [0, 0.1) is 35.0 Å². The van der Waals surface area contributed by atoms with Gasteiger partial charge in [0, 0.05) is 21.6 Å². The number of hydrogen-bond acceptors (Lipinski definition) is 4. The van der Waals surface area contributed by atoms with Crippen LogP contribution in [0.1, 0.15) is 33.0 Å². The molecule has 160 valence electrons. The Morgan fingerprint density at radius 3 is 2.30 bits per heavy atom. The lowest BCUT2D eigenvalue weighted by atomic mass is 9.69. The molecule has 0 amide bonds. The number of hydrogen-bond donors (Lipinski definition) is 0. The van der Waals surface area contributed by atoms with Crippen LogP contribution in [0.3, 0.4) is 0 Å². The average molecular weight is 494 g/mol. The fourth-order valence-electron chi connectivity index (χ4n) is 5.17. The minimum absolute atomic E-state index is 0.0922. The third-order valence-electron chi connectivity index (χ3n) is 6.75. The van der Waals surface area contributed by atoms with Crippen molar-refractivity contribution in [2.24, 2.45) is 5.41 Å².